The smallest absolute Gasteiger partial charge is 0.306 e. The second-order valence-corrected chi connectivity index (χ2v) is 23.6. The number of amides is 1. The first-order chi connectivity index (χ1) is 36.9. The summed E-state index contributed by atoms with van der Waals surface area (Å²) in [6.07, 6.45) is 72.6. The fourth-order valence-corrected chi connectivity index (χ4v) is 9.44. The molecule has 9 nitrogen and oxygen atoms in total. The Morgan fingerprint density at radius 1 is 0.474 bits per heavy atom. The lowest BCUT2D eigenvalue weighted by Gasteiger charge is -2.30. The van der Waals surface area contributed by atoms with Crippen molar-refractivity contribution in [3.8, 4) is 0 Å². The molecule has 1 N–H and O–H groups in total. The molecule has 440 valence electrons. The first-order valence-corrected chi connectivity index (χ1v) is 32.9. The molecule has 1 amide bonds. The van der Waals surface area contributed by atoms with E-state index in [-0.39, 0.29) is 24.9 Å². The first kappa shape index (κ1) is 73.2. The van der Waals surface area contributed by atoms with Gasteiger partial charge in [-0.15, -0.1) is 0 Å². The van der Waals surface area contributed by atoms with Gasteiger partial charge in [0.25, 0.3) is 7.82 Å². The zero-order valence-corrected chi connectivity index (χ0v) is 51.1. The predicted octanol–water partition coefficient (Wildman–Crippen LogP) is 18.8. The van der Waals surface area contributed by atoms with Crippen molar-refractivity contribution in [3.63, 3.8) is 0 Å². The van der Waals surface area contributed by atoms with E-state index in [2.05, 4.69) is 99.0 Å². The summed E-state index contributed by atoms with van der Waals surface area (Å²) in [7, 11) is 1.16. The van der Waals surface area contributed by atoms with Gasteiger partial charge in [0.05, 0.1) is 33.8 Å². The van der Waals surface area contributed by atoms with E-state index >= 15 is 0 Å². The number of hydrogen-bond donors (Lipinski definition) is 1. The van der Waals surface area contributed by atoms with Gasteiger partial charge in [0.2, 0.25) is 5.91 Å². The molecule has 76 heavy (non-hydrogen) atoms. The SMILES string of the molecule is CC/C=C\C/C=C\C/C=C\C/C=C\C/C=C\CCCCCCCCCC(=O)NC(COP(=O)([O-])OCC[N+](C)(C)C)C(/C=C\CCCCCCCCCCCCC)OC(=O)CCCCC/C=C\CCCCCCCCC. The van der Waals surface area contributed by atoms with Crippen molar-refractivity contribution in [2.45, 2.75) is 283 Å². The van der Waals surface area contributed by atoms with Crippen LogP contribution in [0.3, 0.4) is 0 Å². The van der Waals surface area contributed by atoms with E-state index in [1.165, 1.54) is 122 Å². The molecule has 0 saturated heterocycles. The van der Waals surface area contributed by atoms with E-state index in [1.807, 2.05) is 33.3 Å². The minimum absolute atomic E-state index is 0.0299. The van der Waals surface area contributed by atoms with E-state index < -0.39 is 26.6 Å². The average molecular weight is 1080 g/mol. The van der Waals surface area contributed by atoms with E-state index in [9.17, 15) is 19.0 Å². The van der Waals surface area contributed by atoms with E-state index in [0.717, 1.165) is 109 Å². The number of likely N-dealkylation sites (N-methyl/N-ethyl adjacent to an activating group) is 1. The van der Waals surface area contributed by atoms with Crippen molar-refractivity contribution in [1.29, 1.82) is 0 Å². The highest BCUT2D eigenvalue weighted by atomic mass is 31.2. The number of nitrogens with one attached hydrogen (secondary N) is 1. The van der Waals surface area contributed by atoms with E-state index in [0.29, 0.717) is 23.9 Å². The van der Waals surface area contributed by atoms with E-state index in [1.54, 1.807) is 0 Å². The van der Waals surface area contributed by atoms with Crippen molar-refractivity contribution < 1.29 is 37.3 Å². The Morgan fingerprint density at radius 3 is 1.29 bits per heavy atom. The number of carbonyl (C=O) groups is 2. The molecule has 3 unspecified atom stereocenters. The second kappa shape index (κ2) is 55.5. The van der Waals surface area contributed by atoms with Crippen molar-refractivity contribution >= 4 is 19.7 Å². The number of allylic oxidation sites excluding steroid dienone is 13. The summed E-state index contributed by atoms with van der Waals surface area (Å²) in [6, 6.07) is -0.904. The number of quaternary nitrogens is 1. The van der Waals surface area contributed by atoms with Crippen LogP contribution in [-0.2, 0) is 27.9 Å². The van der Waals surface area contributed by atoms with E-state index in [4.69, 9.17) is 13.8 Å². The van der Waals surface area contributed by atoms with Gasteiger partial charge in [-0.25, -0.2) is 0 Å². The van der Waals surface area contributed by atoms with Gasteiger partial charge in [-0.05, 0) is 102 Å². The van der Waals surface area contributed by atoms with Crippen LogP contribution in [0.5, 0.6) is 0 Å². The van der Waals surface area contributed by atoms with Crippen LogP contribution in [0.1, 0.15) is 271 Å². The maximum Gasteiger partial charge on any atom is 0.306 e. The number of unbranched alkanes of at least 4 members (excludes halogenated alkanes) is 28. The van der Waals surface area contributed by atoms with Crippen molar-refractivity contribution in [1.82, 2.24) is 5.32 Å². The quantitative estimate of drug-likeness (QED) is 0.0212. The summed E-state index contributed by atoms with van der Waals surface area (Å²) in [5.41, 5.74) is 0. The lowest BCUT2D eigenvalue weighted by molar-refractivity contribution is -0.870. The molecule has 0 rings (SSSR count). The van der Waals surface area contributed by atoms with Gasteiger partial charge in [0.15, 0.2) is 0 Å². The fraction of sp³-hybridized carbons (Fsp3) is 0.758. The van der Waals surface area contributed by atoms with Gasteiger partial charge in [0, 0.05) is 12.8 Å². The molecule has 0 aromatic carbocycles. The van der Waals surface area contributed by atoms with Gasteiger partial charge >= 0.3 is 5.97 Å². The molecular formula is C66H119N2O7P. The Kier molecular flexibility index (Phi) is 53.5. The predicted molar refractivity (Wildman–Crippen MR) is 325 cm³/mol. The second-order valence-electron chi connectivity index (χ2n) is 22.2. The molecule has 0 heterocycles. The Bertz CT molecular complexity index is 1580. The van der Waals surface area contributed by atoms with Crippen molar-refractivity contribution in [2.75, 3.05) is 40.9 Å². The molecule has 3 atom stereocenters. The molecule has 0 saturated carbocycles. The zero-order chi connectivity index (χ0) is 55.7. The minimum Gasteiger partial charge on any atom is -0.756 e. The van der Waals surface area contributed by atoms with Crippen LogP contribution in [0.4, 0.5) is 0 Å². The van der Waals surface area contributed by atoms with Crippen LogP contribution in [0.2, 0.25) is 0 Å². The molecule has 0 aromatic rings. The number of carbonyl (C=O) groups excluding carboxylic acids is 2. The third-order valence-electron chi connectivity index (χ3n) is 13.6. The lowest BCUT2D eigenvalue weighted by atomic mass is 10.0. The largest absolute Gasteiger partial charge is 0.756 e. The Hall–Kier alpha value is -2.81. The molecule has 0 aromatic heterocycles. The number of ether oxygens (including phenoxy) is 1. The molecule has 0 spiro atoms. The third kappa shape index (κ3) is 55.9. The molecule has 0 aliphatic heterocycles. The number of esters is 1. The maximum atomic E-state index is 13.5. The van der Waals surface area contributed by atoms with Gasteiger partial charge in [-0.3, -0.25) is 14.2 Å². The summed E-state index contributed by atoms with van der Waals surface area (Å²) in [4.78, 5) is 40.0. The van der Waals surface area contributed by atoms with Crippen molar-refractivity contribution in [3.05, 3.63) is 85.1 Å². The molecule has 10 heteroatoms. The summed E-state index contributed by atoms with van der Waals surface area (Å²) >= 11 is 0. The highest BCUT2D eigenvalue weighted by molar-refractivity contribution is 7.45. The highest BCUT2D eigenvalue weighted by Gasteiger charge is 2.27. The van der Waals surface area contributed by atoms with Gasteiger partial charge in [0.1, 0.15) is 19.3 Å². The van der Waals surface area contributed by atoms with Crippen LogP contribution in [-0.4, -0.2) is 69.4 Å². The summed E-state index contributed by atoms with van der Waals surface area (Å²) in [5, 5.41) is 3.02. The van der Waals surface area contributed by atoms with Crippen LogP contribution in [0.25, 0.3) is 0 Å². The maximum absolute atomic E-state index is 13.5. The van der Waals surface area contributed by atoms with Gasteiger partial charge in [-0.2, -0.15) is 0 Å². The summed E-state index contributed by atoms with van der Waals surface area (Å²) in [5.74, 6) is -0.572. The standard InChI is InChI=1S/C66H119N2O7P/c1-7-10-13-16-19-22-25-28-30-31-32-33-34-35-36-37-38-40-43-46-49-52-55-58-65(69)67-63(62-74-76(71,72)73-61-60-68(4,5)6)64(57-54-51-48-45-42-39-27-24-21-18-15-12-9-3)75-66(70)59-56-53-50-47-44-41-29-26-23-20-17-14-11-8-2/h10,13,19,22,28,30,32-33,35-36,41,44,54,57,63-64H,7-9,11-12,14-18,20-21,23-27,29,31,34,37-40,42-43,45-53,55-56,58-62H2,1-6H3,(H-,67,69,71,72)/b13-10-,22-19-,30-28-,33-32-,36-35-,44-41-,57-54-. The Morgan fingerprint density at radius 2 is 0.842 bits per heavy atom. The molecule has 0 bridgehead atoms. The third-order valence-corrected chi connectivity index (χ3v) is 14.5. The lowest BCUT2D eigenvalue weighted by Crippen LogP contribution is -2.47. The number of rotatable bonds is 56. The van der Waals surface area contributed by atoms with Crippen LogP contribution in [0, 0.1) is 0 Å². The van der Waals surface area contributed by atoms with Crippen LogP contribution >= 0.6 is 7.82 Å². The normalized spacial score (nSPS) is 14.2. The monoisotopic (exact) mass is 1080 g/mol. The van der Waals surface area contributed by atoms with Crippen LogP contribution in [0.15, 0.2) is 85.1 Å². The molecule has 0 fully saturated rings. The molecular weight excluding hydrogens is 964 g/mol. The van der Waals surface area contributed by atoms with Crippen molar-refractivity contribution in [2.24, 2.45) is 0 Å². The van der Waals surface area contributed by atoms with Gasteiger partial charge in [-0.1, -0.05) is 241 Å². The summed E-state index contributed by atoms with van der Waals surface area (Å²) < 4.78 is 30.3. The highest BCUT2D eigenvalue weighted by Crippen LogP contribution is 2.38. The number of phosphoric ester groups is 1. The van der Waals surface area contributed by atoms with Gasteiger partial charge < -0.3 is 28.5 Å². The first-order valence-electron chi connectivity index (χ1n) is 31.4. The zero-order valence-electron chi connectivity index (χ0n) is 50.2. The molecule has 0 radical (unpaired) electrons. The van der Waals surface area contributed by atoms with Crippen LogP contribution < -0.4 is 10.2 Å². The topological polar surface area (TPSA) is 114 Å². The number of nitrogens with zero attached hydrogens (tertiary/aromatic N) is 1. The Balaban J connectivity index is 5.27. The summed E-state index contributed by atoms with van der Waals surface area (Å²) in [6.45, 7) is 6.71. The Labute approximate surface area is 469 Å². The number of phosphoric acid groups is 1. The average Bonchev–Trinajstić information content (AvgIpc) is 3.38. The molecule has 0 aliphatic carbocycles. The molecule has 0 aliphatic rings. The fourth-order valence-electron chi connectivity index (χ4n) is 8.72. The minimum atomic E-state index is -4.71. The number of hydrogen-bond acceptors (Lipinski definition) is 7.